The first-order chi connectivity index (χ1) is 9.16. The second-order valence-corrected chi connectivity index (χ2v) is 4.39. The molecule has 94 valence electrons. The Labute approximate surface area is 110 Å². The molecule has 0 bridgehead atoms. The highest BCUT2D eigenvalue weighted by Gasteiger charge is 2.16. The first kappa shape index (κ1) is 11.3. The van der Waals surface area contributed by atoms with Gasteiger partial charge in [0.2, 0.25) is 0 Å². The molecule has 4 nitrogen and oxygen atoms in total. The van der Waals surface area contributed by atoms with Gasteiger partial charge in [-0.05, 0) is 18.2 Å². The topological polar surface area (TPSA) is 85.9 Å². The molecule has 5 N–H and O–H groups in total. The summed E-state index contributed by atoms with van der Waals surface area (Å²) in [7, 11) is 0. The number of nitrogens with two attached hydrogens (primary N) is 1. The first-order valence-electron chi connectivity index (χ1n) is 5.91. The average molecular weight is 251 g/mol. The number of nitrogens with one attached hydrogen (secondary N) is 2. The van der Waals surface area contributed by atoms with E-state index < -0.39 is 0 Å². The maximum atomic E-state index is 10.0. The molecule has 3 rings (SSSR count). The third kappa shape index (κ3) is 1.83. The van der Waals surface area contributed by atoms with E-state index in [1.807, 2.05) is 30.3 Å². The van der Waals surface area contributed by atoms with Crippen LogP contribution < -0.4 is 5.73 Å². The minimum absolute atomic E-state index is 0.00514. The van der Waals surface area contributed by atoms with Crippen molar-refractivity contribution in [3.05, 3.63) is 59.7 Å². The first-order valence-corrected chi connectivity index (χ1v) is 5.91. The highest BCUT2D eigenvalue weighted by molar-refractivity contribution is 6.19. The molecule has 0 unspecified atom stereocenters. The zero-order valence-electron chi connectivity index (χ0n) is 10.1. The summed E-state index contributed by atoms with van der Waals surface area (Å²) in [5.74, 6) is -0.00514. The number of anilines is 1. The third-order valence-electron chi connectivity index (χ3n) is 3.12. The Bertz CT molecular complexity index is 760. The Morgan fingerprint density at radius 2 is 1.84 bits per heavy atom. The molecule has 0 atom stereocenters. The lowest BCUT2D eigenvalue weighted by molar-refractivity contribution is 0.457. The van der Waals surface area contributed by atoms with Gasteiger partial charge in [0.15, 0.2) is 5.88 Å². The van der Waals surface area contributed by atoms with Crippen LogP contribution in [0.3, 0.4) is 0 Å². The number of aromatic hydroxyl groups is 1. The fourth-order valence-electron chi connectivity index (χ4n) is 2.20. The van der Waals surface area contributed by atoms with Gasteiger partial charge < -0.3 is 15.8 Å². The van der Waals surface area contributed by atoms with Crippen LogP contribution in [0.2, 0.25) is 0 Å². The molecule has 3 aromatic rings. The van der Waals surface area contributed by atoms with Crippen LogP contribution in [-0.4, -0.2) is 15.8 Å². The highest BCUT2D eigenvalue weighted by Crippen LogP contribution is 2.30. The van der Waals surface area contributed by atoms with Gasteiger partial charge in [0.1, 0.15) is 0 Å². The van der Waals surface area contributed by atoms with Crippen molar-refractivity contribution in [2.45, 2.75) is 0 Å². The van der Waals surface area contributed by atoms with Crippen molar-refractivity contribution < 1.29 is 5.11 Å². The minimum atomic E-state index is -0.00514. The van der Waals surface area contributed by atoms with Crippen molar-refractivity contribution in [1.29, 1.82) is 5.41 Å². The van der Waals surface area contributed by atoms with Crippen molar-refractivity contribution in [3.63, 3.8) is 0 Å². The molecular formula is C15H13N3O. The lowest BCUT2D eigenvalue weighted by Crippen LogP contribution is -2.00. The molecule has 0 amide bonds. The molecule has 0 aliphatic carbocycles. The number of hydrogen-bond acceptors (Lipinski definition) is 3. The van der Waals surface area contributed by atoms with Crippen molar-refractivity contribution in [3.8, 4) is 5.88 Å². The number of aromatic nitrogens is 1. The van der Waals surface area contributed by atoms with E-state index in [4.69, 9.17) is 11.1 Å². The minimum Gasteiger partial charge on any atom is -0.494 e. The van der Waals surface area contributed by atoms with Crippen LogP contribution in [-0.2, 0) is 0 Å². The highest BCUT2D eigenvalue weighted by atomic mass is 16.3. The van der Waals surface area contributed by atoms with E-state index in [2.05, 4.69) is 4.98 Å². The predicted octanol–water partition coefficient (Wildman–Crippen LogP) is 2.87. The zero-order chi connectivity index (χ0) is 13.4. The van der Waals surface area contributed by atoms with Crippen LogP contribution in [0, 0.1) is 5.41 Å². The van der Waals surface area contributed by atoms with Crippen molar-refractivity contribution in [2.75, 3.05) is 5.73 Å². The van der Waals surface area contributed by atoms with E-state index in [9.17, 15) is 5.11 Å². The standard InChI is InChI=1S/C15H13N3O/c16-10-6-7-12-11(8-10)13(15(19)18-12)14(17)9-4-2-1-3-5-9/h1-8,17-19H,16H2. The second kappa shape index (κ2) is 4.17. The SMILES string of the molecule is N=C(c1ccccc1)c1c(O)[nH]c2ccc(N)cc12. The van der Waals surface area contributed by atoms with E-state index >= 15 is 0 Å². The maximum Gasteiger partial charge on any atom is 0.199 e. The second-order valence-electron chi connectivity index (χ2n) is 4.39. The fourth-order valence-corrected chi connectivity index (χ4v) is 2.20. The molecule has 4 heteroatoms. The molecule has 1 aromatic heterocycles. The summed E-state index contributed by atoms with van der Waals surface area (Å²) in [6.07, 6.45) is 0. The van der Waals surface area contributed by atoms with Crippen molar-refractivity contribution >= 4 is 22.3 Å². The van der Waals surface area contributed by atoms with E-state index in [0.717, 1.165) is 16.5 Å². The average Bonchev–Trinajstić information content (AvgIpc) is 2.74. The Balaban J connectivity index is 2.22. The molecule has 1 heterocycles. The lowest BCUT2D eigenvalue weighted by Gasteiger charge is -2.04. The Hall–Kier alpha value is -2.75. The normalized spacial score (nSPS) is 10.7. The largest absolute Gasteiger partial charge is 0.494 e. The quantitative estimate of drug-likeness (QED) is 0.417. The summed E-state index contributed by atoms with van der Waals surface area (Å²) in [5, 5.41) is 19.0. The van der Waals surface area contributed by atoms with Crippen molar-refractivity contribution in [1.82, 2.24) is 4.98 Å². The molecule has 0 fully saturated rings. The zero-order valence-corrected chi connectivity index (χ0v) is 10.1. The molecule has 0 radical (unpaired) electrons. The number of rotatable bonds is 2. The summed E-state index contributed by atoms with van der Waals surface area (Å²) in [6, 6.07) is 14.6. The van der Waals surface area contributed by atoms with Gasteiger partial charge in [-0.25, -0.2) is 0 Å². The van der Waals surface area contributed by atoms with Crippen LogP contribution in [0.4, 0.5) is 5.69 Å². The number of aromatic amines is 1. The molecule has 0 aliphatic heterocycles. The number of nitrogen functional groups attached to an aromatic ring is 1. The van der Waals surface area contributed by atoms with Gasteiger partial charge in [-0.1, -0.05) is 30.3 Å². The Morgan fingerprint density at radius 1 is 1.11 bits per heavy atom. The van der Waals surface area contributed by atoms with Crippen LogP contribution in [0.5, 0.6) is 5.88 Å². The monoisotopic (exact) mass is 251 g/mol. The van der Waals surface area contributed by atoms with Gasteiger partial charge in [-0.3, -0.25) is 5.41 Å². The lowest BCUT2D eigenvalue weighted by atomic mass is 10.0. The fraction of sp³-hybridized carbons (Fsp3) is 0. The van der Waals surface area contributed by atoms with Gasteiger partial charge in [-0.2, -0.15) is 0 Å². The molecule has 2 aromatic carbocycles. The number of H-pyrrole nitrogens is 1. The van der Waals surface area contributed by atoms with E-state index in [1.54, 1.807) is 18.2 Å². The smallest absolute Gasteiger partial charge is 0.199 e. The molecule has 0 saturated carbocycles. The number of fused-ring (bicyclic) bond motifs is 1. The van der Waals surface area contributed by atoms with Gasteiger partial charge in [-0.15, -0.1) is 0 Å². The van der Waals surface area contributed by atoms with Gasteiger partial charge in [0.05, 0.1) is 11.3 Å². The number of hydrogen-bond donors (Lipinski definition) is 4. The van der Waals surface area contributed by atoms with Gasteiger partial charge >= 0.3 is 0 Å². The molecular weight excluding hydrogens is 238 g/mol. The number of benzene rings is 2. The molecule has 19 heavy (non-hydrogen) atoms. The third-order valence-corrected chi connectivity index (χ3v) is 3.12. The van der Waals surface area contributed by atoms with Gasteiger partial charge in [0, 0.05) is 22.2 Å². The van der Waals surface area contributed by atoms with Crippen LogP contribution in [0.15, 0.2) is 48.5 Å². The summed E-state index contributed by atoms with van der Waals surface area (Å²) in [6.45, 7) is 0. The summed E-state index contributed by atoms with van der Waals surface area (Å²) in [5.41, 5.74) is 8.65. The molecule has 0 spiro atoms. The summed E-state index contributed by atoms with van der Waals surface area (Å²) in [4.78, 5) is 2.86. The van der Waals surface area contributed by atoms with Crippen LogP contribution in [0.1, 0.15) is 11.1 Å². The molecule has 0 aliphatic rings. The van der Waals surface area contributed by atoms with E-state index in [0.29, 0.717) is 11.3 Å². The molecule has 0 saturated heterocycles. The van der Waals surface area contributed by atoms with E-state index in [-0.39, 0.29) is 11.6 Å². The predicted molar refractivity (Wildman–Crippen MR) is 76.7 cm³/mol. The Kier molecular flexibility index (Phi) is 2.49. The summed E-state index contributed by atoms with van der Waals surface area (Å²) >= 11 is 0. The van der Waals surface area contributed by atoms with Gasteiger partial charge in [0.25, 0.3) is 0 Å². The summed E-state index contributed by atoms with van der Waals surface area (Å²) < 4.78 is 0. The van der Waals surface area contributed by atoms with Crippen molar-refractivity contribution in [2.24, 2.45) is 0 Å². The van der Waals surface area contributed by atoms with Crippen LogP contribution in [0.25, 0.3) is 10.9 Å². The van der Waals surface area contributed by atoms with Crippen LogP contribution >= 0.6 is 0 Å². The Morgan fingerprint density at radius 3 is 2.58 bits per heavy atom. The van der Waals surface area contributed by atoms with E-state index in [1.165, 1.54) is 0 Å². The maximum absolute atomic E-state index is 10.0.